The summed E-state index contributed by atoms with van der Waals surface area (Å²) in [6.07, 6.45) is 1.09. The molecule has 0 aliphatic carbocycles. The molecule has 0 saturated carbocycles. The first-order valence-electron chi connectivity index (χ1n) is 8.00. The lowest BCUT2D eigenvalue weighted by molar-refractivity contribution is 0.284. The van der Waals surface area contributed by atoms with Crippen molar-refractivity contribution < 1.29 is 9.47 Å². The number of halogens is 2. The van der Waals surface area contributed by atoms with Crippen molar-refractivity contribution >= 4 is 27.5 Å². The molecule has 24 heavy (non-hydrogen) atoms. The van der Waals surface area contributed by atoms with E-state index in [1.165, 1.54) is 0 Å². The van der Waals surface area contributed by atoms with Crippen LogP contribution in [-0.2, 0) is 13.2 Å². The Bertz CT molecular complexity index is 678. The van der Waals surface area contributed by atoms with E-state index >= 15 is 0 Å². The lowest BCUT2D eigenvalue weighted by atomic mass is 10.1. The molecule has 0 spiro atoms. The van der Waals surface area contributed by atoms with Crippen LogP contribution >= 0.6 is 27.5 Å². The third-order valence-corrected chi connectivity index (χ3v) is 4.84. The smallest absolute Gasteiger partial charge is 0.162 e. The number of hydrogen-bond donors (Lipinski definition) is 1. The molecule has 130 valence electrons. The van der Waals surface area contributed by atoms with Gasteiger partial charge in [-0.05, 0) is 48.7 Å². The normalized spacial score (nSPS) is 12.0. The van der Waals surface area contributed by atoms with Gasteiger partial charge >= 0.3 is 0 Å². The molecule has 1 unspecified atom stereocenters. The van der Waals surface area contributed by atoms with Crippen LogP contribution in [0.2, 0.25) is 5.02 Å². The SMILES string of the molecule is CCC(C)NCc1cc(OC)c(OCc2cccc(Cl)c2)cc1Br. The van der Waals surface area contributed by atoms with E-state index in [0.29, 0.717) is 23.4 Å². The molecule has 0 radical (unpaired) electrons. The highest BCUT2D eigenvalue weighted by Gasteiger charge is 2.11. The van der Waals surface area contributed by atoms with Gasteiger partial charge in [0.05, 0.1) is 7.11 Å². The van der Waals surface area contributed by atoms with Gasteiger partial charge < -0.3 is 14.8 Å². The lowest BCUT2D eigenvalue weighted by Crippen LogP contribution is -2.24. The number of nitrogens with one attached hydrogen (secondary N) is 1. The molecular weight excluding hydrogens is 390 g/mol. The van der Waals surface area contributed by atoms with Crippen molar-refractivity contribution in [2.75, 3.05) is 7.11 Å². The summed E-state index contributed by atoms with van der Waals surface area (Å²) < 4.78 is 12.4. The van der Waals surface area contributed by atoms with Gasteiger partial charge in [0.2, 0.25) is 0 Å². The van der Waals surface area contributed by atoms with E-state index in [0.717, 1.165) is 34.3 Å². The molecule has 0 aliphatic heterocycles. The van der Waals surface area contributed by atoms with Gasteiger partial charge in [0.15, 0.2) is 11.5 Å². The zero-order valence-corrected chi connectivity index (χ0v) is 16.6. The molecule has 2 aromatic rings. The molecule has 3 nitrogen and oxygen atoms in total. The molecule has 0 fully saturated rings. The second-order valence-electron chi connectivity index (χ2n) is 5.70. The highest BCUT2D eigenvalue weighted by atomic mass is 79.9. The fourth-order valence-corrected chi connectivity index (χ4v) is 2.88. The molecule has 5 heteroatoms. The van der Waals surface area contributed by atoms with Crippen molar-refractivity contribution in [2.24, 2.45) is 0 Å². The maximum Gasteiger partial charge on any atom is 0.162 e. The first kappa shape index (κ1) is 19.1. The first-order chi connectivity index (χ1) is 11.5. The summed E-state index contributed by atoms with van der Waals surface area (Å²) in [5, 5.41) is 4.19. The van der Waals surface area contributed by atoms with E-state index < -0.39 is 0 Å². The van der Waals surface area contributed by atoms with Crippen molar-refractivity contribution in [3.05, 3.63) is 57.0 Å². The largest absolute Gasteiger partial charge is 0.493 e. The predicted octanol–water partition coefficient (Wildman–Crippen LogP) is 5.58. The average Bonchev–Trinajstić information content (AvgIpc) is 2.58. The average molecular weight is 413 g/mol. The van der Waals surface area contributed by atoms with E-state index in [1.807, 2.05) is 36.4 Å². The van der Waals surface area contributed by atoms with Gasteiger partial charge in [-0.1, -0.05) is 46.6 Å². The highest BCUT2D eigenvalue weighted by Crippen LogP contribution is 2.34. The second-order valence-corrected chi connectivity index (χ2v) is 6.99. The molecule has 0 heterocycles. The third kappa shape index (κ3) is 5.40. The summed E-state index contributed by atoms with van der Waals surface area (Å²) in [7, 11) is 1.65. The Morgan fingerprint density at radius 1 is 1.21 bits per heavy atom. The standard InChI is InChI=1S/C19H23BrClNO2/c1-4-13(2)22-11-15-9-18(23-3)19(10-17(15)20)24-12-14-6-5-7-16(21)8-14/h5-10,13,22H,4,11-12H2,1-3H3. The molecule has 2 aromatic carbocycles. The van der Waals surface area contributed by atoms with Gasteiger partial charge in [0.25, 0.3) is 0 Å². The minimum atomic E-state index is 0.438. The summed E-state index contributed by atoms with van der Waals surface area (Å²) in [5.41, 5.74) is 2.16. The van der Waals surface area contributed by atoms with Crippen LogP contribution in [0.4, 0.5) is 0 Å². The van der Waals surface area contributed by atoms with Crippen LogP contribution in [0.1, 0.15) is 31.4 Å². The molecule has 0 bridgehead atoms. The zero-order valence-electron chi connectivity index (χ0n) is 14.2. The van der Waals surface area contributed by atoms with E-state index in [-0.39, 0.29) is 0 Å². The Hall–Kier alpha value is -1.23. The van der Waals surface area contributed by atoms with Crippen molar-refractivity contribution in [3.8, 4) is 11.5 Å². The fraction of sp³-hybridized carbons (Fsp3) is 0.368. The molecule has 0 aliphatic rings. The molecular formula is C19H23BrClNO2. The van der Waals surface area contributed by atoms with Gasteiger partial charge in [-0.15, -0.1) is 0 Å². The van der Waals surface area contributed by atoms with E-state index in [4.69, 9.17) is 21.1 Å². The summed E-state index contributed by atoms with van der Waals surface area (Å²) in [6, 6.07) is 12.1. The van der Waals surface area contributed by atoms with E-state index in [9.17, 15) is 0 Å². The fourth-order valence-electron chi connectivity index (χ4n) is 2.20. The second kappa shape index (κ2) is 9.30. The van der Waals surface area contributed by atoms with Crippen LogP contribution in [0.5, 0.6) is 11.5 Å². The lowest BCUT2D eigenvalue weighted by Gasteiger charge is -2.16. The zero-order chi connectivity index (χ0) is 17.5. The van der Waals surface area contributed by atoms with Gasteiger partial charge in [-0.25, -0.2) is 0 Å². The summed E-state index contributed by atoms with van der Waals surface area (Å²) >= 11 is 9.63. The first-order valence-corrected chi connectivity index (χ1v) is 9.17. The summed E-state index contributed by atoms with van der Waals surface area (Å²) in [5.74, 6) is 1.43. The number of rotatable bonds is 8. The number of ether oxygens (including phenoxy) is 2. The van der Waals surface area contributed by atoms with Gasteiger partial charge in [0, 0.05) is 22.1 Å². The minimum absolute atomic E-state index is 0.438. The van der Waals surface area contributed by atoms with Crippen LogP contribution in [0.15, 0.2) is 40.9 Å². The highest BCUT2D eigenvalue weighted by molar-refractivity contribution is 9.10. The Balaban J connectivity index is 2.11. The Morgan fingerprint density at radius 2 is 2.00 bits per heavy atom. The Kier molecular flexibility index (Phi) is 7.40. The monoisotopic (exact) mass is 411 g/mol. The topological polar surface area (TPSA) is 30.5 Å². The molecule has 0 saturated heterocycles. The van der Waals surface area contributed by atoms with Crippen LogP contribution in [0, 0.1) is 0 Å². The summed E-state index contributed by atoms with van der Waals surface area (Å²) in [4.78, 5) is 0. The molecule has 1 atom stereocenters. The van der Waals surface area contributed by atoms with Crippen LogP contribution in [0.25, 0.3) is 0 Å². The molecule has 0 amide bonds. The van der Waals surface area contributed by atoms with Crippen LogP contribution in [-0.4, -0.2) is 13.2 Å². The summed E-state index contributed by atoms with van der Waals surface area (Å²) in [6.45, 7) is 5.56. The Labute approximate surface area is 157 Å². The van der Waals surface area contributed by atoms with E-state index in [1.54, 1.807) is 7.11 Å². The van der Waals surface area contributed by atoms with Crippen molar-refractivity contribution in [2.45, 2.75) is 39.5 Å². The quantitative estimate of drug-likeness (QED) is 0.614. The number of hydrogen-bond acceptors (Lipinski definition) is 3. The molecule has 1 N–H and O–H groups in total. The van der Waals surface area contributed by atoms with E-state index in [2.05, 4.69) is 35.1 Å². The molecule has 0 aromatic heterocycles. The molecule has 2 rings (SSSR count). The van der Waals surface area contributed by atoms with Gasteiger partial charge in [0.1, 0.15) is 6.61 Å². The van der Waals surface area contributed by atoms with Gasteiger partial charge in [-0.3, -0.25) is 0 Å². The number of methoxy groups -OCH3 is 1. The maximum atomic E-state index is 6.01. The third-order valence-electron chi connectivity index (χ3n) is 3.87. The van der Waals surface area contributed by atoms with Crippen molar-refractivity contribution in [1.82, 2.24) is 5.32 Å². The van der Waals surface area contributed by atoms with Crippen molar-refractivity contribution in [3.63, 3.8) is 0 Å². The Morgan fingerprint density at radius 3 is 2.67 bits per heavy atom. The van der Waals surface area contributed by atoms with Gasteiger partial charge in [-0.2, -0.15) is 0 Å². The maximum absolute atomic E-state index is 6.01. The number of benzene rings is 2. The minimum Gasteiger partial charge on any atom is -0.493 e. The van der Waals surface area contributed by atoms with Crippen LogP contribution in [0.3, 0.4) is 0 Å². The van der Waals surface area contributed by atoms with Crippen molar-refractivity contribution in [1.29, 1.82) is 0 Å². The van der Waals surface area contributed by atoms with Crippen LogP contribution < -0.4 is 14.8 Å². The predicted molar refractivity (Wildman–Crippen MR) is 103 cm³/mol.